The zero-order valence-corrected chi connectivity index (χ0v) is 9.17. The summed E-state index contributed by atoms with van der Waals surface area (Å²) < 4.78 is 75.3. The number of rotatable bonds is 2. The number of nitrogens with zero attached hydrogens (tertiary/aromatic N) is 1. The lowest BCUT2D eigenvalue weighted by molar-refractivity contribution is -0.388. The van der Waals surface area contributed by atoms with E-state index in [0.717, 1.165) is 0 Å². The largest absolute Gasteiger partial charge is 0.423 e. The van der Waals surface area contributed by atoms with E-state index in [2.05, 4.69) is 5.73 Å². The van der Waals surface area contributed by atoms with Crippen molar-refractivity contribution in [3.8, 4) is 0 Å². The van der Waals surface area contributed by atoms with Gasteiger partial charge in [-0.2, -0.15) is 26.3 Å². The maximum Gasteiger partial charge on any atom is 0.423 e. The molecule has 0 aliphatic heterocycles. The molecule has 110 valence electrons. The molecule has 0 aliphatic carbocycles. The average Bonchev–Trinajstić information content (AvgIpc) is 2.24. The average molecular weight is 302 g/mol. The van der Waals surface area contributed by atoms with Crippen LogP contribution in [0.25, 0.3) is 0 Å². The number of halogens is 6. The van der Waals surface area contributed by atoms with Crippen LogP contribution < -0.4 is 5.73 Å². The van der Waals surface area contributed by atoms with E-state index in [1.54, 1.807) is 0 Å². The van der Waals surface area contributed by atoms with Gasteiger partial charge in [0.15, 0.2) is 0 Å². The van der Waals surface area contributed by atoms with E-state index in [-0.39, 0.29) is 6.07 Å². The molecule has 5 nitrogen and oxygen atoms in total. The molecule has 0 saturated carbocycles. The fourth-order valence-corrected chi connectivity index (χ4v) is 1.40. The smallest absolute Gasteiger partial charge is 0.366 e. The molecule has 0 fully saturated rings. The number of amides is 1. The van der Waals surface area contributed by atoms with Gasteiger partial charge < -0.3 is 5.73 Å². The number of alkyl halides is 6. The van der Waals surface area contributed by atoms with Crippen LogP contribution in [-0.4, -0.2) is 10.8 Å². The van der Waals surface area contributed by atoms with Gasteiger partial charge in [0.05, 0.1) is 16.1 Å². The predicted molar refractivity (Wildman–Crippen MR) is 51.6 cm³/mol. The van der Waals surface area contributed by atoms with Crippen molar-refractivity contribution in [2.75, 3.05) is 0 Å². The molecule has 0 spiro atoms. The van der Waals surface area contributed by atoms with Crippen molar-refractivity contribution in [3.63, 3.8) is 0 Å². The van der Waals surface area contributed by atoms with Gasteiger partial charge in [-0.1, -0.05) is 0 Å². The van der Waals surface area contributed by atoms with Crippen molar-refractivity contribution in [3.05, 3.63) is 38.9 Å². The van der Waals surface area contributed by atoms with Crippen molar-refractivity contribution in [2.45, 2.75) is 12.4 Å². The van der Waals surface area contributed by atoms with E-state index >= 15 is 0 Å². The van der Waals surface area contributed by atoms with Crippen LogP contribution in [0, 0.1) is 10.1 Å². The van der Waals surface area contributed by atoms with Crippen LogP contribution in [0.15, 0.2) is 12.1 Å². The molecule has 1 aromatic rings. The van der Waals surface area contributed by atoms with Gasteiger partial charge in [-0.05, 0) is 6.07 Å². The lowest BCUT2D eigenvalue weighted by Crippen LogP contribution is -2.21. The van der Waals surface area contributed by atoms with Crippen LogP contribution in [0.4, 0.5) is 32.0 Å². The fraction of sp³-hybridized carbons (Fsp3) is 0.222. The number of carbonyl (C=O) groups is 1. The Morgan fingerprint density at radius 2 is 1.50 bits per heavy atom. The van der Waals surface area contributed by atoms with E-state index < -0.39 is 51.6 Å². The minimum Gasteiger partial charge on any atom is -0.366 e. The molecule has 0 radical (unpaired) electrons. The molecule has 2 N–H and O–H groups in total. The molecule has 1 amide bonds. The standard InChI is InChI=1S/C9H4F6N2O3/c10-8(11,12)4-2-5(9(13,14)15)6(17(19)20)1-3(4)7(16)18/h1-2H,(H2,16,18). The highest BCUT2D eigenvalue weighted by Gasteiger charge is 2.44. The summed E-state index contributed by atoms with van der Waals surface area (Å²) in [5.41, 5.74) is -2.58. The Kier molecular flexibility index (Phi) is 3.66. The molecule has 0 bridgehead atoms. The van der Waals surface area contributed by atoms with Gasteiger partial charge >= 0.3 is 12.4 Å². The third-order valence-corrected chi connectivity index (χ3v) is 2.21. The first-order valence-corrected chi connectivity index (χ1v) is 4.62. The van der Waals surface area contributed by atoms with Crippen LogP contribution in [-0.2, 0) is 12.4 Å². The Morgan fingerprint density at radius 3 is 1.80 bits per heavy atom. The summed E-state index contributed by atoms with van der Waals surface area (Å²) in [6, 6.07) is -0.633. The second-order valence-electron chi connectivity index (χ2n) is 3.53. The first-order chi connectivity index (χ1) is 8.85. The minimum absolute atomic E-state index is 0.131. The second-order valence-corrected chi connectivity index (χ2v) is 3.53. The van der Waals surface area contributed by atoms with Crippen molar-refractivity contribution >= 4 is 11.6 Å². The summed E-state index contributed by atoms with van der Waals surface area (Å²) in [5, 5.41) is 10.5. The maximum absolute atomic E-state index is 12.6. The first kappa shape index (κ1) is 15.7. The van der Waals surface area contributed by atoms with Gasteiger partial charge in [0.25, 0.3) is 5.69 Å². The van der Waals surface area contributed by atoms with E-state index in [0.29, 0.717) is 0 Å². The number of primary amides is 1. The molecule has 1 rings (SSSR count). The van der Waals surface area contributed by atoms with E-state index in [9.17, 15) is 41.3 Å². The summed E-state index contributed by atoms with van der Waals surface area (Å²) in [4.78, 5) is 19.8. The summed E-state index contributed by atoms with van der Waals surface area (Å²) in [7, 11) is 0. The zero-order valence-electron chi connectivity index (χ0n) is 9.17. The van der Waals surface area contributed by atoms with Gasteiger partial charge in [0.2, 0.25) is 5.91 Å². The highest BCUT2D eigenvalue weighted by molar-refractivity contribution is 5.95. The second kappa shape index (κ2) is 4.65. The topological polar surface area (TPSA) is 86.2 Å². The first-order valence-electron chi connectivity index (χ1n) is 4.62. The van der Waals surface area contributed by atoms with E-state index in [1.165, 1.54) is 0 Å². The Hall–Kier alpha value is -2.33. The number of nitrogens with two attached hydrogens (primary N) is 1. The molecular formula is C9H4F6N2O3. The van der Waals surface area contributed by atoms with E-state index in [4.69, 9.17) is 0 Å². The highest BCUT2D eigenvalue weighted by atomic mass is 19.4. The molecule has 0 unspecified atom stereocenters. The molecule has 1 aromatic carbocycles. The number of benzene rings is 1. The molecule has 0 heterocycles. The SMILES string of the molecule is NC(=O)c1cc([N+](=O)[O-])c(C(F)(F)F)cc1C(F)(F)F. The van der Waals surface area contributed by atoms with Gasteiger partial charge in [-0.3, -0.25) is 14.9 Å². The third kappa shape index (κ3) is 2.97. The number of hydrogen-bond donors (Lipinski definition) is 1. The number of hydrogen-bond acceptors (Lipinski definition) is 3. The lowest BCUT2D eigenvalue weighted by atomic mass is 10.0. The maximum atomic E-state index is 12.6. The summed E-state index contributed by atoms with van der Waals surface area (Å²) in [6.07, 6.45) is -10.7. The van der Waals surface area contributed by atoms with E-state index in [1.807, 2.05) is 0 Å². The number of nitro groups is 1. The normalized spacial score (nSPS) is 12.3. The molecular weight excluding hydrogens is 298 g/mol. The van der Waals surface area contributed by atoms with Crippen LogP contribution in [0.2, 0.25) is 0 Å². The quantitative estimate of drug-likeness (QED) is 0.517. The monoisotopic (exact) mass is 302 g/mol. The molecule has 0 saturated heterocycles. The Bertz CT molecular complexity index is 531. The number of carbonyl (C=O) groups excluding carboxylic acids is 1. The van der Waals surface area contributed by atoms with Crippen LogP contribution in [0.5, 0.6) is 0 Å². The van der Waals surface area contributed by atoms with Gasteiger partial charge in [0, 0.05) is 6.07 Å². The molecule has 0 aromatic heterocycles. The minimum atomic E-state index is -5.39. The van der Waals surface area contributed by atoms with Gasteiger partial charge in [-0.25, -0.2) is 0 Å². The van der Waals surface area contributed by atoms with Crippen molar-refractivity contribution < 1.29 is 36.1 Å². The fourth-order valence-electron chi connectivity index (χ4n) is 1.40. The Labute approximate surface area is 106 Å². The highest BCUT2D eigenvalue weighted by Crippen LogP contribution is 2.41. The van der Waals surface area contributed by atoms with Crippen LogP contribution in [0.3, 0.4) is 0 Å². The Balaban J connectivity index is 3.79. The molecule has 0 atom stereocenters. The predicted octanol–water partition coefficient (Wildman–Crippen LogP) is 2.73. The zero-order chi connectivity index (χ0) is 15.9. The molecule has 20 heavy (non-hydrogen) atoms. The Morgan fingerprint density at radius 1 is 1.05 bits per heavy atom. The lowest BCUT2D eigenvalue weighted by Gasteiger charge is -2.14. The van der Waals surface area contributed by atoms with Crippen LogP contribution >= 0.6 is 0 Å². The van der Waals surface area contributed by atoms with Gasteiger partial charge in [0.1, 0.15) is 5.56 Å². The third-order valence-electron chi connectivity index (χ3n) is 2.21. The summed E-state index contributed by atoms with van der Waals surface area (Å²) >= 11 is 0. The summed E-state index contributed by atoms with van der Waals surface area (Å²) in [6.45, 7) is 0. The number of nitro benzene ring substituents is 1. The van der Waals surface area contributed by atoms with Gasteiger partial charge in [-0.15, -0.1) is 0 Å². The van der Waals surface area contributed by atoms with Crippen molar-refractivity contribution in [2.24, 2.45) is 5.73 Å². The van der Waals surface area contributed by atoms with Crippen molar-refractivity contribution in [1.29, 1.82) is 0 Å². The van der Waals surface area contributed by atoms with Crippen molar-refractivity contribution in [1.82, 2.24) is 0 Å². The molecule has 0 aliphatic rings. The summed E-state index contributed by atoms with van der Waals surface area (Å²) in [5.74, 6) is -1.73. The van der Waals surface area contributed by atoms with Crippen LogP contribution in [0.1, 0.15) is 21.5 Å². The molecule has 11 heteroatoms.